The lowest BCUT2D eigenvalue weighted by molar-refractivity contribution is 0.565. The van der Waals surface area contributed by atoms with Crippen molar-refractivity contribution in [1.82, 2.24) is 4.98 Å². The van der Waals surface area contributed by atoms with Crippen LogP contribution in [0, 0.1) is 28.9 Å². The van der Waals surface area contributed by atoms with E-state index in [2.05, 4.69) is 16.4 Å². The lowest BCUT2D eigenvalue weighted by atomic mass is 10.2. The van der Waals surface area contributed by atoms with Gasteiger partial charge in [-0.05, 0) is 13.8 Å². The zero-order valence-corrected chi connectivity index (χ0v) is 10.7. The fraction of sp³-hybridized carbons (Fsp3) is 0.500. The molecule has 0 bridgehead atoms. The van der Waals surface area contributed by atoms with Crippen LogP contribution in [0.1, 0.15) is 13.8 Å². The van der Waals surface area contributed by atoms with Crippen LogP contribution in [-0.2, 0) is 0 Å². The molecule has 1 unspecified atom stereocenters. The molecule has 6 heteroatoms. The Morgan fingerprint density at radius 3 is 2.67 bits per heavy atom. The Kier molecular flexibility index (Phi) is 4.84. The molecule has 18 heavy (non-hydrogen) atoms. The van der Waals surface area contributed by atoms with E-state index in [1.165, 1.54) is 7.05 Å². The molecule has 0 radical (unpaired) electrons. The summed E-state index contributed by atoms with van der Waals surface area (Å²) in [5, 5.41) is 11.3. The summed E-state index contributed by atoms with van der Waals surface area (Å²) in [5.41, 5.74) is 0. The van der Waals surface area contributed by atoms with Crippen LogP contribution in [0.3, 0.4) is 0 Å². The summed E-state index contributed by atoms with van der Waals surface area (Å²) in [5.74, 6) is -1.66. The first-order valence-electron chi connectivity index (χ1n) is 5.71. The van der Waals surface area contributed by atoms with Gasteiger partial charge in [-0.1, -0.05) is 0 Å². The van der Waals surface area contributed by atoms with Crippen molar-refractivity contribution < 1.29 is 8.78 Å². The van der Waals surface area contributed by atoms with E-state index in [-0.39, 0.29) is 17.6 Å². The van der Waals surface area contributed by atoms with Crippen LogP contribution in [0.25, 0.3) is 0 Å². The Hall–Kier alpha value is -1.90. The van der Waals surface area contributed by atoms with Gasteiger partial charge in [0.05, 0.1) is 12.0 Å². The summed E-state index contributed by atoms with van der Waals surface area (Å²) in [4.78, 5) is 5.52. The van der Waals surface area contributed by atoms with E-state index in [4.69, 9.17) is 5.26 Å². The molecule has 1 heterocycles. The zero-order valence-electron chi connectivity index (χ0n) is 10.7. The maximum Gasteiger partial charge on any atom is 0.168 e. The number of nitriles is 1. The van der Waals surface area contributed by atoms with Crippen LogP contribution >= 0.6 is 0 Å². The number of pyridine rings is 1. The number of anilines is 2. The molecule has 0 aliphatic carbocycles. The highest BCUT2D eigenvalue weighted by molar-refractivity contribution is 5.49. The SMILES string of the molecule is CCN(CC(C)C#N)c1nc(NC)c(F)cc1F. The van der Waals surface area contributed by atoms with Gasteiger partial charge >= 0.3 is 0 Å². The van der Waals surface area contributed by atoms with E-state index in [0.29, 0.717) is 13.1 Å². The number of nitrogens with one attached hydrogen (secondary N) is 1. The molecule has 1 atom stereocenters. The topological polar surface area (TPSA) is 52.0 Å². The second-order valence-corrected chi connectivity index (χ2v) is 3.94. The van der Waals surface area contributed by atoms with Gasteiger partial charge in [0, 0.05) is 26.2 Å². The van der Waals surface area contributed by atoms with Crippen molar-refractivity contribution in [3.8, 4) is 6.07 Å². The third-order valence-corrected chi connectivity index (χ3v) is 2.54. The van der Waals surface area contributed by atoms with E-state index in [9.17, 15) is 8.78 Å². The molecule has 0 aromatic carbocycles. The average Bonchev–Trinajstić information content (AvgIpc) is 2.36. The third-order valence-electron chi connectivity index (χ3n) is 2.54. The fourth-order valence-electron chi connectivity index (χ4n) is 1.59. The Morgan fingerprint density at radius 2 is 2.17 bits per heavy atom. The molecule has 0 aliphatic heterocycles. The first kappa shape index (κ1) is 14.2. The van der Waals surface area contributed by atoms with Gasteiger partial charge in [-0.2, -0.15) is 5.26 Å². The van der Waals surface area contributed by atoms with Gasteiger partial charge in [-0.25, -0.2) is 13.8 Å². The minimum atomic E-state index is -0.733. The van der Waals surface area contributed by atoms with Gasteiger partial charge in [-0.15, -0.1) is 0 Å². The van der Waals surface area contributed by atoms with Gasteiger partial charge in [0.25, 0.3) is 0 Å². The Morgan fingerprint density at radius 1 is 1.50 bits per heavy atom. The van der Waals surface area contributed by atoms with Gasteiger partial charge in [0.15, 0.2) is 23.3 Å². The summed E-state index contributed by atoms with van der Waals surface area (Å²) in [6.45, 7) is 4.41. The lowest BCUT2D eigenvalue weighted by Gasteiger charge is -2.24. The van der Waals surface area contributed by atoms with Crippen molar-refractivity contribution in [2.45, 2.75) is 13.8 Å². The van der Waals surface area contributed by atoms with Crippen LogP contribution in [0.4, 0.5) is 20.4 Å². The third kappa shape index (κ3) is 3.06. The molecule has 0 saturated carbocycles. The molecular formula is C12H16F2N4. The number of halogens is 2. The highest BCUT2D eigenvalue weighted by Gasteiger charge is 2.17. The first-order valence-corrected chi connectivity index (χ1v) is 5.71. The summed E-state index contributed by atoms with van der Waals surface area (Å²) in [6.07, 6.45) is 0. The summed E-state index contributed by atoms with van der Waals surface area (Å²) in [6, 6.07) is 2.88. The highest BCUT2D eigenvalue weighted by atomic mass is 19.1. The molecular weight excluding hydrogens is 238 g/mol. The zero-order chi connectivity index (χ0) is 13.7. The summed E-state index contributed by atoms with van der Waals surface area (Å²) in [7, 11) is 1.52. The predicted octanol–water partition coefficient (Wildman–Crippen LogP) is 2.39. The van der Waals surface area contributed by atoms with Crippen molar-refractivity contribution in [2.24, 2.45) is 5.92 Å². The summed E-state index contributed by atoms with van der Waals surface area (Å²) >= 11 is 0. The van der Waals surface area contributed by atoms with E-state index in [0.717, 1.165) is 6.07 Å². The minimum Gasteiger partial charge on any atom is -0.371 e. The van der Waals surface area contributed by atoms with Crippen molar-refractivity contribution in [1.29, 1.82) is 5.26 Å². The maximum atomic E-state index is 13.7. The van der Waals surface area contributed by atoms with Crippen LogP contribution in [0.2, 0.25) is 0 Å². The van der Waals surface area contributed by atoms with Crippen molar-refractivity contribution in [3.05, 3.63) is 17.7 Å². The van der Waals surface area contributed by atoms with E-state index in [1.807, 2.05) is 6.92 Å². The Bertz CT molecular complexity index is 456. The molecule has 98 valence electrons. The van der Waals surface area contributed by atoms with E-state index < -0.39 is 11.6 Å². The Labute approximate surface area is 105 Å². The van der Waals surface area contributed by atoms with Gasteiger partial charge in [-0.3, -0.25) is 0 Å². The summed E-state index contributed by atoms with van der Waals surface area (Å²) < 4.78 is 27.0. The highest BCUT2D eigenvalue weighted by Crippen LogP contribution is 2.22. The van der Waals surface area contributed by atoms with E-state index in [1.54, 1.807) is 11.8 Å². The standard InChI is InChI=1S/C12H16F2N4/c1-4-18(7-8(2)6-15)12-10(14)5-9(13)11(16-3)17-12/h5,8H,4,7H2,1-3H3,(H,16,17). The smallest absolute Gasteiger partial charge is 0.168 e. The second kappa shape index (κ2) is 6.15. The molecule has 0 amide bonds. The number of rotatable bonds is 5. The molecule has 1 N–H and O–H groups in total. The number of hydrogen-bond donors (Lipinski definition) is 1. The monoisotopic (exact) mass is 254 g/mol. The minimum absolute atomic E-state index is 0.00513. The molecule has 0 saturated heterocycles. The largest absolute Gasteiger partial charge is 0.371 e. The van der Waals surface area contributed by atoms with Gasteiger partial charge in [0.1, 0.15) is 0 Å². The molecule has 0 aliphatic rings. The molecule has 4 nitrogen and oxygen atoms in total. The predicted molar refractivity (Wildman–Crippen MR) is 66.4 cm³/mol. The average molecular weight is 254 g/mol. The fourth-order valence-corrected chi connectivity index (χ4v) is 1.59. The van der Waals surface area contributed by atoms with Crippen molar-refractivity contribution in [3.63, 3.8) is 0 Å². The molecule has 1 rings (SSSR count). The Balaban J connectivity index is 3.09. The van der Waals surface area contributed by atoms with Crippen molar-refractivity contribution in [2.75, 3.05) is 30.4 Å². The quantitative estimate of drug-likeness (QED) is 0.876. The van der Waals surface area contributed by atoms with Gasteiger partial charge in [0.2, 0.25) is 0 Å². The lowest BCUT2D eigenvalue weighted by Crippen LogP contribution is -2.29. The number of hydrogen-bond acceptors (Lipinski definition) is 4. The molecule has 1 aromatic heterocycles. The van der Waals surface area contributed by atoms with Gasteiger partial charge < -0.3 is 10.2 Å². The normalized spacial score (nSPS) is 11.8. The first-order chi connectivity index (χ1) is 8.53. The molecule has 0 spiro atoms. The van der Waals surface area contributed by atoms with Crippen LogP contribution < -0.4 is 10.2 Å². The molecule has 1 aromatic rings. The molecule has 0 fully saturated rings. The second-order valence-electron chi connectivity index (χ2n) is 3.94. The van der Waals surface area contributed by atoms with Crippen LogP contribution in [-0.4, -0.2) is 25.1 Å². The van der Waals surface area contributed by atoms with Crippen LogP contribution in [0.5, 0.6) is 0 Å². The number of nitrogens with zero attached hydrogens (tertiary/aromatic N) is 3. The number of aromatic nitrogens is 1. The van der Waals surface area contributed by atoms with Crippen molar-refractivity contribution >= 4 is 11.6 Å². The van der Waals surface area contributed by atoms with E-state index >= 15 is 0 Å². The van der Waals surface area contributed by atoms with Crippen LogP contribution in [0.15, 0.2) is 6.07 Å². The maximum absolute atomic E-state index is 13.7.